The lowest BCUT2D eigenvalue weighted by atomic mass is 10.2. The number of aromatic nitrogens is 4. The smallest absolute Gasteiger partial charge is 0.232 e. The Morgan fingerprint density at radius 1 is 1.26 bits per heavy atom. The van der Waals surface area contributed by atoms with Crippen molar-refractivity contribution < 1.29 is 4.74 Å². The van der Waals surface area contributed by atoms with E-state index in [0.29, 0.717) is 6.54 Å². The molecule has 0 fully saturated rings. The van der Waals surface area contributed by atoms with Gasteiger partial charge in [0.15, 0.2) is 5.82 Å². The molecule has 0 aliphatic rings. The molecule has 3 aromatic rings. The zero-order valence-electron chi connectivity index (χ0n) is 10.9. The predicted molar refractivity (Wildman–Crippen MR) is 71.8 cm³/mol. The third-order valence-electron chi connectivity index (χ3n) is 3.10. The molecule has 6 heteroatoms. The van der Waals surface area contributed by atoms with Crippen LogP contribution in [0.5, 0.6) is 5.75 Å². The second kappa shape index (κ2) is 4.40. The Morgan fingerprint density at radius 3 is 2.58 bits per heavy atom. The molecule has 3 rings (SSSR count). The number of nitrogens with zero attached hydrogens (tertiary/aromatic N) is 4. The second-order valence-electron chi connectivity index (χ2n) is 4.29. The van der Waals surface area contributed by atoms with Gasteiger partial charge in [0.2, 0.25) is 5.78 Å². The summed E-state index contributed by atoms with van der Waals surface area (Å²) < 4.78 is 8.85. The molecule has 19 heavy (non-hydrogen) atoms. The largest absolute Gasteiger partial charge is 0.497 e. The van der Waals surface area contributed by atoms with Crippen LogP contribution in [-0.2, 0) is 13.6 Å². The number of aryl methyl sites for hydroxylation is 1. The van der Waals surface area contributed by atoms with Gasteiger partial charge in [0.1, 0.15) is 5.75 Å². The summed E-state index contributed by atoms with van der Waals surface area (Å²) in [5.74, 6) is 2.47. The molecule has 1 aromatic carbocycles. The number of imidazole rings is 1. The van der Waals surface area contributed by atoms with Gasteiger partial charge in [-0.25, -0.2) is 9.50 Å². The zero-order chi connectivity index (χ0) is 13.4. The zero-order valence-corrected chi connectivity index (χ0v) is 10.9. The number of benzene rings is 1. The van der Waals surface area contributed by atoms with E-state index >= 15 is 0 Å². The molecular formula is C13H15N5O. The van der Waals surface area contributed by atoms with Crippen molar-refractivity contribution in [3.63, 3.8) is 0 Å². The molecule has 6 nitrogen and oxygen atoms in total. The fourth-order valence-corrected chi connectivity index (χ4v) is 2.06. The Hall–Kier alpha value is -2.34. The van der Waals surface area contributed by atoms with E-state index in [0.717, 1.165) is 28.6 Å². The Kier molecular flexibility index (Phi) is 2.72. The van der Waals surface area contributed by atoms with E-state index in [-0.39, 0.29) is 0 Å². The van der Waals surface area contributed by atoms with E-state index in [4.69, 9.17) is 10.5 Å². The number of hydrogen-bond donors (Lipinski definition) is 1. The normalized spacial score (nSPS) is 11.1. The summed E-state index contributed by atoms with van der Waals surface area (Å²) in [6.07, 6.45) is 1.85. The highest BCUT2D eigenvalue weighted by molar-refractivity contribution is 5.59. The Labute approximate surface area is 110 Å². The van der Waals surface area contributed by atoms with Gasteiger partial charge in [0.25, 0.3) is 0 Å². The Bertz CT molecular complexity index is 711. The first-order chi connectivity index (χ1) is 9.22. The van der Waals surface area contributed by atoms with E-state index in [1.165, 1.54) is 0 Å². The minimum atomic E-state index is 0.418. The van der Waals surface area contributed by atoms with Crippen molar-refractivity contribution in [3.05, 3.63) is 36.2 Å². The van der Waals surface area contributed by atoms with E-state index in [1.807, 2.05) is 42.1 Å². The molecule has 0 saturated heterocycles. The van der Waals surface area contributed by atoms with Crippen LogP contribution in [0, 0.1) is 0 Å². The highest BCUT2D eigenvalue weighted by Gasteiger charge is 2.12. The minimum Gasteiger partial charge on any atom is -0.497 e. The lowest BCUT2D eigenvalue weighted by Crippen LogP contribution is -1.98. The summed E-state index contributed by atoms with van der Waals surface area (Å²) in [5, 5.41) is 4.53. The van der Waals surface area contributed by atoms with E-state index in [9.17, 15) is 0 Å². The fraction of sp³-hybridized carbons (Fsp3) is 0.231. The lowest BCUT2D eigenvalue weighted by molar-refractivity contribution is 0.415. The lowest BCUT2D eigenvalue weighted by Gasteiger charge is -2.02. The third-order valence-corrected chi connectivity index (χ3v) is 3.10. The number of rotatable bonds is 3. The molecular weight excluding hydrogens is 242 g/mol. The van der Waals surface area contributed by atoms with Crippen LogP contribution in [0.1, 0.15) is 5.69 Å². The second-order valence-corrected chi connectivity index (χ2v) is 4.29. The minimum absolute atomic E-state index is 0.418. The molecule has 2 N–H and O–H groups in total. The van der Waals surface area contributed by atoms with Gasteiger partial charge >= 0.3 is 0 Å². The quantitative estimate of drug-likeness (QED) is 0.765. The Balaban J connectivity index is 2.08. The monoisotopic (exact) mass is 257 g/mol. The van der Waals surface area contributed by atoms with Gasteiger partial charge in [-0.05, 0) is 24.3 Å². The number of fused-ring (bicyclic) bond motifs is 1. The van der Waals surface area contributed by atoms with Crippen LogP contribution < -0.4 is 10.5 Å². The molecule has 0 amide bonds. The number of ether oxygens (including phenoxy) is 1. The summed E-state index contributed by atoms with van der Waals surface area (Å²) >= 11 is 0. The SMILES string of the molecule is COc1ccc(-c2nn3cc(CN)nc3n2C)cc1. The number of methoxy groups -OCH3 is 1. The van der Waals surface area contributed by atoms with Gasteiger partial charge in [-0.3, -0.25) is 4.57 Å². The van der Waals surface area contributed by atoms with Gasteiger partial charge in [-0.15, -0.1) is 5.10 Å². The molecule has 0 aliphatic heterocycles. The van der Waals surface area contributed by atoms with Crippen LogP contribution in [-0.4, -0.2) is 26.3 Å². The van der Waals surface area contributed by atoms with Gasteiger partial charge < -0.3 is 10.5 Å². The molecule has 98 valence electrons. The van der Waals surface area contributed by atoms with Crippen LogP contribution in [0.3, 0.4) is 0 Å². The first kappa shape index (κ1) is 11.7. The molecule has 0 aliphatic carbocycles. The van der Waals surface area contributed by atoms with Crippen LogP contribution in [0.15, 0.2) is 30.5 Å². The molecule has 0 unspecified atom stereocenters. The van der Waals surface area contributed by atoms with Crippen LogP contribution in [0.4, 0.5) is 0 Å². The standard InChI is InChI=1S/C13H15N5O/c1-17-12(9-3-5-11(19-2)6-4-9)16-18-8-10(7-14)15-13(17)18/h3-6,8H,7,14H2,1-2H3. The molecule has 0 spiro atoms. The van der Waals surface area contributed by atoms with Crippen LogP contribution in [0.2, 0.25) is 0 Å². The van der Waals surface area contributed by atoms with Gasteiger partial charge in [0.05, 0.1) is 19.0 Å². The number of nitrogens with two attached hydrogens (primary N) is 1. The first-order valence-electron chi connectivity index (χ1n) is 5.98. The van der Waals surface area contributed by atoms with Crippen molar-refractivity contribution in [2.45, 2.75) is 6.54 Å². The number of hydrogen-bond acceptors (Lipinski definition) is 4. The summed E-state index contributed by atoms with van der Waals surface area (Å²) in [6, 6.07) is 7.78. The first-order valence-corrected chi connectivity index (χ1v) is 5.98. The maximum absolute atomic E-state index is 5.58. The molecule has 0 bridgehead atoms. The van der Waals surface area contributed by atoms with Crippen molar-refractivity contribution in [2.75, 3.05) is 7.11 Å². The fourth-order valence-electron chi connectivity index (χ4n) is 2.06. The summed E-state index contributed by atoms with van der Waals surface area (Å²) in [6.45, 7) is 0.418. The average molecular weight is 257 g/mol. The Morgan fingerprint density at radius 2 is 2.00 bits per heavy atom. The maximum atomic E-state index is 5.58. The summed E-state index contributed by atoms with van der Waals surface area (Å²) in [7, 11) is 3.59. The van der Waals surface area contributed by atoms with Crippen molar-refractivity contribution >= 4 is 5.78 Å². The van der Waals surface area contributed by atoms with Crippen molar-refractivity contribution in [1.29, 1.82) is 0 Å². The summed E-state index contributed by atoms with van der Waals surface area (Å²) in [5.41, 5.74) is 7.43. The topological polar surface area (TPSA) is 70.4 Å². The highest BCUT2D eigenvalue weighted by atomic mass is 16.5. The van der Waals surface area contributed by atoms with Crippen LogP contribution in [0.25, 0.3) is 17.2 Å². The molecule has 0 atom stereocenters. The molecule has 0 radical (unpaired) electrons. The third kappa shape index (κ3) is 1.86. The van der Waals surface area contributed by atoms with Crippen molar-refractivity contribution in [3.8, 4) is 17.1 Å². The van der Waals surface area contributed by atoms with Gasteiger partial charge in [0, 0.05) is 19.2 Å². The summed E-state index contributed by atoms with van der Waals surface area (Å²) in [4.78, 5) is 4.42. The molecule has 2 aromatic heterocycles. The van der Waals surface area contributed by atoms with Crippen molar-refractivity contribution in [2.24, 2.45) is 12.8 Å². The maximum Gasteiger partial charge on any atom is 0.232 e. The molecule has 2 heterocycles. The highest BCUT2D eigenvalue weighted by Crippen LogP contribution is 2.22. The van der Waals surface area contributed by atoms with Gasteiger partial charge in [-0.1, -0.05) is 0 Å². The van der Waals surface area contributed by atoms with Crippen molar-refractivity contribution in [1.82, 2.24) is 19.2 Å². The average Bonchev–Trinajstić information content (AvgIpc) is 2.99. The van der Waals surface area contributed by atoms with E-state index < -0.39 is 0 Å². The van der Waals surface area contributed by atoms with E-state index in [1.54, 1.807) is 11.6 Å². The van der Waals surface area contributed by atoms with Gasteiger partial charge in [-0.2, -0.15) is 0 Å². The van der Waals surface area contributed by atoms with Crippen LogP contribution >= 0.6 is 0 Å². The molecule has 0 saturated carbocycles. The predicted octanol–water partition coefficient (Wildman–Crippen LogP) is 1.20. The van der Waals surface area contributed by atoms with E-state index in [2.05, 4.69) is 10.1 Å².